The first-order chi connectivity index (χ1) is 14.6. The summed E-state index contributed by atoms with van der Waals surface area (Å²) in [6, 6.07) is 15.7. The number of aliphatic imine (C=N–C) groups is 1. The molecule has 0 spiro atoms. The number of nitrogens with zero attached hydrogens (tertiary/aromatic N) is 3. The van der Waals surface area contributed by atoms with Gasteiger partial charge in [0.2, 0.25) is 0 Å². The topological polar surface area (TPSA) is 69.2 Å². The standard InChI is InChI=1S/C23H31N5O2/c1-18-7-6-8-19(17-18)22(29)25-11-12-26-23(24-2)28-15-13-27(14-16-28)20-9-4-5-10-21(20)30-3/h4-10,17H,11-16H2,1-3H3,(H,24,26)(H,25,29). The normalized spacial score (nSPS) is 14.4. The molecular weight excluding hydrogens is 378 g/mol. The van der Waals surface area contributed by atoms with Gasteiger partial charge in [0.15, 0.2) is 5.96 Å². The molecule has 0 aliphatic carbocycles. The molecule has 0 aromatic heterocycles. The Morgan fingerprint density at radius 2 is 1.77 bits per heavy atom. The van der Waals surface area contributed by atoms with Gasteiger partial charge in [-0.15, -0.1) is 0 Å². The summed E-state index contributed by atoms with van der Waals surface area (Å²) >= 11 is 0. The summed E-state index contributed by atoms with van der Waals surface area (Å²) in [6.45, 7) is 6.66. The predicted molar refractivity (Wildman–Crippen MR) is 122 cm³/mol. The highest BCUT2D eigenvalue weighted by Gasteiger charge is 2.21. The molecule has 1 aliphatic rings. The van der Waals surface area contributed by atoms with E-state index in [2.05, 4.69) is 31.5 Å². The number of amides is 1. The number of carbonyl (C=O) groups excluding carboxylic acids is 1. The Labute approximate surface area is 178 Å². The molecule has 30 heavy (non-hydrogen) atoms. The molecule has 1 fully saturated rings. The van der Waals surface area contributed by atoms with Crippen LogP contribution >= 0.6 is 0 Å². The quantitative estimate of drug-likeness (QED) is 0.435. The Balaban J connectivity index is 1.44. The van der Waals surface area contributed by atoms with E-state index in [-0.39, 0.29) is 5.91 Å². The Hall–Kier alpha value is -3.22. The van der Waals surface area contributed by atoms with Crippen molar-refractivity contribution in [1.82, 2.24) is 15.5 Å². The van der Waals surface area contributed by atoms with Crippen LogP contribution in [0.3, 0.4) is 0 Å². The van der Waals surface area contributed by atoms with Gasteiger partial charge < -0.3 is 25.2 Å². The van der Waals surface area contributed by atoms with Crippen LogP contribution in [0.5, 0.6) is 5.75 Å². The molecule has 2 aromatic carbocycles. The molecule has 1 heterocycles. The molecule has 7 nitrogen and oxygen atoms in total. The van der Waals surface area contributed by atoms with Gasteiger partial charge in [-0.2, -0.15) is 0 Å². The Kier molecular flexibility index (Phi) is 7.54. The zero-order valence-corrected chi connectivity index (χ0v) is 18.0. The fraction of sp³-hybridized carbons (Fsp3) is 0.391. The van der Waals surface area contributed by atoms with Gasteiger partial charge >= 0.3 is 0 Å². The number of methoxy groups -OCH3 is 1. The number of nitrogens with one attached hydrogen (secondary N) is 2. The van der Waals surface area contributed by atoms with Crippen LogP contribution in [0, 0.1) is 6.92 Å². The van der Waals surface area contributed by atoms with E-state index in [0.29, 0.717) is 18.7 Å². The van der Waals surface area contributed by atoms with E-state index in [4.69, 9.17) is 4.74 Å². The van der Waals surface area contributed by atoms with Crippen molar-refractivity contribution in [3.8, 4) is 5.75 Å². The molecule has 3 rings (SSSR count). The average Bonchev–Trinajstić information content (AvgIpc) is 2.79. The molecule has 160 valence electrons. The number of hydrogen-bond acceptors (Lipinski definition) is 4. The number of anilines is 1. The third-order valence-corrected chi connectivity index (χ3v) is 5.19. The molecule has 1 saturated heterocycles. The number of hydrogen-bond donors (Lipinski definition) is 2. The van der Waals surface area contributed by atoms with Crippen LogP contribution in [0.25, 0.3) is 0 Å². The van der Waals surface area contributed by atoms with Gasteiger partial charge in [0.1, 0.15) is 5.75 Å². The molecule has 0 radical (unpaired) electrons. The summed E-state index contributed by atoms with van der Waals surface area (Å²) < 4.78 is 5.49. The van der Waals surface area contributed by atoms with Gasteiger partial charge in [0.25, 0.3) is 5.91 Å². The number of rotatable bonds is 6. The maximum Gasteiger partial charge on any atom is 0.251 e. The van der Waals surface area contributed by atoms with Crippen LogP contribution in [0.15, 0.2) is 53.5 Å². The van der Waals surface area contributed by atoms with Crippen LogP contribution < -0.4 is 20.3 Å². The van der Waals surface area contributed by atoms with E-state index in [1.807, 2.05) is 49.4 Å². The molecule has 1 amide bonds. The summed E-state index contributed by atoms with van der Waals surface area (Å²) in [5.74, 6) is 1.71. The van der Waals surface area contributed by atoms with E-state index in [1.54, 1.807) is 14.2 Å². The van der Waals surface area contributed by atoms with Crippen molar-refractivity contribution in [2.75, 3.05) is 58.3 Å². The molecule has 0 unspecified atom stereocenters. The van der Waals surface area contributed by atoms with E-state index >= 15 is 0 Å². The van der Waals surface area contributed by atoms with Crippen molar-refractivity contribution in [2.45, 2.75) is 6.92 Å². The van der Waals surface area contributed by atoms with E-state index in [9.17, 15) is 4.79 Å². The number of para-hydroxylation sites is 2. The SMILES string of the molecule is CN=C(NCCNC(=O)c1cccc(C)c1)N1CCN(c2ccccc2OC)CC1. The predicted octanol–water partition coefficient (Wildman–Crippen LogP) is 2.13. The van der Waals surface area contributed by atoms with Crippen molar-refractivity contribution in [1.29, 1.82) is 0 Å². The van der Waals surface area contributed by atoms with Crippen molar-refractivity contribution in [3.63, 3.8) is 0 Å². The lowest BCUT2D eigenvalue weighted by Crippen LogP contribution is -2.53. The summed E-state index contributed by atoms with van der Waals surface area (Å²) in [5, 5.41) is 6.31. The zero-order chi connectivity index (χ0) is 21.3. The summed E-state index contributed by atoms with van der Waals surface area (Å²) in [7, 11) is 3.50. The van der Waals surface area contributed by atoms with E-state index < -0.39 is 0 Å². The van der Waals surface area contributed by atoms with Crippen LogP contribution in [-0.2, 0) is 0 Å². The van der Waals surface area contributed by atoms with Crippen molar-refractivity contribution in [3.05, 3.63) is 59.7 Å². The van der Waals surface area contributed by atoms with Crippen LogP contribution in [0.1, 0.15) is 15.9 Å². The highest BCUT2D eigenvalue weighted by Crippen LogP contribution is 2.28. The first-order valence-electron chi connectivity index (χ1n) is 10.3. The van der Waals surface area contributed by atoms with Gasteiger partial charge in [-0.05, 0) is 31.2 Å². The molecular formula is C23H31N5O2. The molecule has 0 atom stereocenters. The number of piperazine rings is 1. The lowest BCUT2D eigenvalue weighted by Gasteiger charge is -2.38. The molecule has 0 bridgehead atoms. The van der Waals surface area contributed by atoms with Crippen LogP contribution in [0.2, 0.25) is 0 Å². The Morgan fingerprint density at radius 3 is 2.47 bits per heavy atom. The smallest absolute Gasteiger partial charge is 0.251 e. The van der Waals surface area contributed by atoms with Crippen LogP contribution in [0.4, 0.5) is 5.69 Å². The summed E-state index contributed by atoms with van der Waals surface area (Å²) in [6.07, 6.45) is 0. The van der Waals surface area contributed by atoms with Gasteiger partial charge in [0.05, 0.1) is 12.8 Å². The molecule has 1 aliphatic heterocycles. The van der Waals surface area contributed by atoms with Gasteiger partial charge in [-0.3, -0.25) is 9.79 Å². The lowest BCUT2D eigenvalue weighted by molar-refractivity contribution is 0.0954. The fourth-order valence-electron chi connectivity index (χ4n) is 3.62. The largest absolute Gasteiger partial charge is 0.495 e. The third-order valence-electron chi connectivity index (χ3n) is 5.19. The Morgan fingerprint density at radius 1 is 1.03 bits per heavy atom. The highest BCUT2D eigenvalue weighted by atomic mass is 16.5. The number of carbonyl (C=O) groups is 1. The minimum Gasteiger partial charge on any atom is -0.495 e. The maximum absolute atomic E-state index is 12.2. The Bertz CT molecular complexity index is 875. The summed E-state index contributed by atoms with van der Waals surface area (Å²) in [4.78, 5) is 21.2. The van der Waals surface area contributed by atoms with Crippen LogP contribution in [-0.4, -0.2) is 70.2 Å². The fourth-order valence-corrected chi connectivity index (χ4v) is 3.62. The van der Waals surface area contributed by atoms with Gasteiger partial charge in [-0.25, -0.2) is 0 Å². The zero-order valence-electron chi connectivity index (χ0n) is 18.0. The molecule has 2 aromatic rings. The minimum atomic E-state index is -0.0547. The highest BCUT2D eigenvalue weighted by molar-refractivity contribution is 5.94. The maximum atomic E-state index is 12.2. The molecule has 2 N–H and O–H groups in total. The minimum absolute atomic E-state index is 0.0547. The van der Waals surface area contributed by atoms with E-state index in [0.717, 1.165) is 49.1 Å². The lowest BCUT2D eigenvalue weighted by atomic mass is 10.1. The monoisotopic (exact) mass is 409 g/mol. The number of benzene rings is 2. The van der Waals surface area contributed by atoms with E-state index in [1.165, 1.54) is 0 Å². The third kappa shape index (κ3) is 5.43. The summed E-state index contributed by atoms with van der Waals surface area (Å²) in [5.41, 5.74) is 2.89. The second kappa shape index (κ2) is 10.5. The van der Waals surface area contributed by atoms with Crippen molar-refractivity contribution < 1.29 is 9.53 Å². The molecule has 7 heteroatoms. The number of aryl methyl sites for hydroxylation is 1. The second-order valence-corrected chi connectivity index (χ2v) is 7.25. The average molecular weight is 410 g/mol. The van der Waals surface area contributed by atoms with Gasteiger partial charge in [0, 0.05) is 51.9 Å². The number of ether oxygens (including phenoxy) is 1. The van der Waals surface area contributed by atoms with Crippen molar-refractivity contribution >= 4 is 17.6 Å². The van der Waals surface area contributed by atoms with Gasteiger partial charge in [-0.1, -0.05) is 29.8 Å². The first-order valence-corrected chi connectivity index (χ1v) is 10.3. The molecule has 0 saturated carbocycles. The van der Waals surface area contributed by atoms with Crippen molar-refractivity contribution in [2.24, 2.45) is 4.99 Å². The number of guanidine groups is 1. The second-order valence-electron chi connectivity index (χ2n) is 7.25. The first kappa shape index (κ1) is 21.5.